The number of carbonyl (C=O) groups is 1. The Morgan fingerprint density at radius 1 is 1.23 bits per heavy atom. The van der Waals surface area contributed by atoms with Crippen LogP contribution in [0.25, 0.3) is 0 Å². The van der Waals surface area contributed by atoms with Crippen molar-refractivity contribution >= 4 is 11.6 Å². The molecular formula is C15H14F4N2O. The molecule has 3 nitrogen and oxygen atoms in total. The van der Waals surface area contributed by atoms with Gasteiger partial charge in [0.25, 0.3) is 5.91 Å². The molecule has 1 amide bonds. The quantitative estimate of drug-likeness (QED) is 0.746. The molecule has 0 unspecified atom stereocenters. The van der Waals surface area contributed by atoms with Gasteiger partial charge < -0.3 is 0 Å². The number of hydrogen-bond donors (Lipinski definition) is 0. The predicted molar refractivity (Wildman–Crippen MR) is 72.3 cm³/mol. The van der Waals surface area contributed by atoms with Gasteiger partial charge in [0.05, 0.1) is 5.56 Å². The summed E-state index contributed by atoms with van der Waals surface area (Å²) >= 11 is 0. The second-order valence-corrected chi connectivity index (χ2v) is 5.65. The first-order chi connectivity index (χ1) is 10.3. The molecule has 7 heteroatoms. The average Bonchev–Trinajstić information content (AvgIpc) is 2.47. The lowest BCUT2D eigenvalue weighted by atomic mass is 9.86. The number of aliphatic imine (C=N–C) groups is 1. The molecule has 118 valence electrons. The highest BCUT2D eigenvalue weighted by Gasteiger charge is 2.34. The molecule has 0 N–H and O–H groups in total. The molecular weight excluding hydrogens is 300 g/mol. The lowest BCUT2D eigenvalue weighted by molar-refractivity contribution is -0.140. The van der Waals surface area contributed by atoms with Crippen LogP contribution in [-0.4, -0.2) is 36.2 Å². The highest BCUT2D eigenvalue weighted by atomic mass is 19.4. The maximum atomic E-state index is 13.5. The SMILES string of the molecule is O=C(N=C1CN2CCC1CC2)c1ccc(C(F)(F)F)c(F)c1. The standard InChI is InChI=1S/C15H14F4N2O/c16-12-7-10(1-2-11(12)15(17,18)19)14(22)20-13-8-21-5-3-9(13)4-6-21/h1-2,7,9H,3-6,8H2. The summed E-state index contributed by atoms with van der Waals surface area (Å²) in [6, 6.07) is 2.16. The zero-order chi connectivity index (χ0) is 15.9. The molecule has 0 aliphatic carbocycles. The van der Waals surface area contributed by atoms with Crippen molar-refractivity contribution in [1.29, 1.82) is 0 Å². The fourth-order valence-corrected chi connectivity index (χ4v) is 2.98. The first-order valence-corrected chi connectivity index (χ1v) is 7.05. The highest BCUT2D eigenvalue weighted by molar-refractivity contribution is 6.05. The fourth-order valence-electron chi connectivity index (χ4n) is 2.98. The van der Waals surface area contributed by atoms with Gasteiger partial charge in [-0.1, -0.05) is 0 Å². The van der Waals surface area contributed by atoms with Crippen LogP contribution in [0.2, 0.25) is 0 Å². The van der Waals surface area contributed by atoms with E-state index in [1.807, 2.05) is 0 Å². The molecule has 3 aliphatic rings. The van der Waals surface area contributed by atoms with E-state index in [1.165, 1.54) is 0 Å². The van der Waals surface area contributed by atoms with Crippen LogP contribution in [0.15, 0.2) is 23.2 Å². The maximum Gasteiger partial charge on any atom is 0.419 e. The van der Waals surface area contributed by atoms with Crippen molar-refractivity contribution in [2.75, 3.05) is 19.6 Å². The van der Waals surface area contributed by atoms with Crippen LogP contribution in [0.3, 0.4) is 0 Å². The topological polar surface area (TPSA) is 32.7 Å². The lowest BCUT2D eigenvalue weighted by Gasteiger charge is -2.39. The Kier molecular flexibility index (Phi) is 3.76. The maximum absolute atomic E-state index is 13.5. The van der Waals surface area contributed by atoms with Gasteiger partial charge in [0, 0.05) is 23.7 Å². The summed E-state index contributed by atoms with van der Waals surface area (Å²) < 4.78 is 51.0. The second-order valence-electron chi connectivity index (χ2n) is 5.65. The van der Waals surface area contributed by atoms with Crippen LogP contribution < -0.4 is 0 Å². The fraction of sp³-hybridized carbons (Fsp3) is 0.467. The normalized spacial score (nSPS) is 26.5. The van der Waals surface area contributed by atoms with Gasteiger partial charge in [0.15, 0.2) is 0 Å². The Morgan fingerprint density at radius 3 is 2.41 bits per heavy atom. The first kappa shape index (κ1) is 15.1. The molecule has 3 heterocycles. The van der Waals surface area contributed by atoms with Crippen molar-refractivity contribution in [3.8, 4) is 0 Å². The van der Waals surface area contributed by atoms with Crippen molar-refractivity contribution in [2.45, 2.75) is 19.0 Å². The van der Waals surface area contributed by atoms with Crippen molar-refractivity contribution in [2.24, 2.45) is 10.9 Å². The largest absolute Gasteiger partial charge is 0.419 e. The summed E-state index contributed by atoms with van der Waals surface area (Å²) in [5.41, 5.74) is -0.781. The molecule has 3 fully saturated rings. The molecule has 3 saturated heterocycles. The summed E-state index contributed by atoms with van der Waals surface area (Å²) in [4.78, 5) is 18.2. The molecule has 0 radical (unpaired) electrons. The average molecular weight is 314 g/mol. The number of piperidine rings is 3. The van der Waals surface area contributed by atoms with Gasteiger partial charge in [-0.25, -0.2) is 9.38 Å². The number of nitrogens with zero attached hydrogens (tertiary/aromatic N) is 2. The molecule has 0 saturated carbocycles. The molecule has 4 rings (SSSR count). The van der Waals surface area contributed by atoms with E-state index in [1.54, 1.807) is 0 Å². The van der Waals surface area contributed by atoms with Gasteiger partial charge in [-0.2, -0.15) is 13.2 Å². The van der Waals surface area contributed by atoms with Crippen molar-refractivity contribution in [1.82, 2.24) is 4.90 Å². The van der Waals surface area contributed by atoms with Crippen LogP contribution in [0.4, 0.5) is 17.6 Å². The zero-order valence-corrected chi connectivity index (χ0v) is 11.7. The van der Waals surface area contributed by atoms with Gasteiger partial charge in [0.2, 0.25) is 0 Å². The minimum Gasteiger partial charge on any atom is -0.298 e. The van der Waals surface area contributed by atoms with E-state index in [4.69, 9.17) is 0 Å². The van der Waals surface area contributed by atoms with Crippen LogP contribution in [0, 0.1) is 11.7 Å². The van der Waals surface area contributed by atoms with E-state index < -0.39 is 23.5 Å². The Labute approximate surface area is 124 Å². The summed E-state index contributed by atoms with van der Waals surface area (Å²) in [6.07, 6.45) is -2.89. The molecule has 1 aromatic rings. The van der Waals surface area contributed by atoms with Crippen molar-refractivity contribution in [3.63, 3.8) is 0 Å². The Bertz CT molecular complexity index is 631. The Hall–Kier alpha value is -1.76. The van der Waals surface area contributed by atoms with E-state index in [-0.39, 0.29) is 11.5 Å². The number of fused-ring (bicyclic) bond motifs is 3. The molecule has 22 heavy (non-hydrogen) atoms. The van der Waals surface area contributed by atoms with E-state index in [9.17, 15) is 22.4 Å². The van der Waals surface area contributed by atoms with Crippen molar-refractivity contribution < 1.29 is 22.4 Å². The molecule has 3 aliphatic heterocycles. The number of hydrogen-bond acceptors (Lipinski definition) is 2. The molecule has 2 bridgehead atoms. The third-order valence-electron chi connectivity index (χ3n) is 4.21. The monoisotopic (exact) mass is 314 g/mol. The molecule has 0 atom stereocenters. The summed E-state index contributed by atoms with van der Waals surface area (Å²) in [7, 11) is 0. The molecule has 0 spiro atoms. The van der Waals surface area contributed by atoms with E-state index in [0.29, 0.717) is 18.7 Å². The smallest absolute Gasteiger partial charge is 0.298 e. The number of amides is 1. The Morgan fingerprint density at radius 2 is 1.91 bits per heavy atom. The molecule has 0 aromatic heterocycles. The third-order valence-corrected chi connectivity index (χ3v) is 4.21. The van der Waals surface area contributed by atoms with Gasteiger partial charge in [-0.3, -0.25) is 9.69 Å². The Balaban J connectivity index is 1.83. The summed E-state index contributed by atoms with van der Waals surface area (Å²) in [6.45, 7) is 2.57. The number of alkyl halides is 3. The van der Waals surface area contributed by atoms with E-state index in [0.717, 1.165) is 37.7 Å². The van der Waals surface area contributed by atoms with Crippen LogP contribution >= 0.6 is 0 Å². The molecule has 1 aromatic carbocycles. The second kappa shape index (κ2) is 5.46. The zero-order valence-electron chi connectivity index (χ0n) is 11.7. The van der Waals surface area contributed by atoms with E-state index in [2.05, 4.69) is 9.89 Å². The lowest BCUT2D eigenvalue weighted by Crippen LogP contribution is -2.48. The van der Waals surface area contributed by atoms with Gasteiger partial charge in [0.1, 0.15) is 5.82 Å². The minimum absolute atomic E-state index is 0.158. The first-order valence-electron chi connectivity index (χ1n) is 7.05. The van der Waals surface area contributed by atoms with Gasteiger partial charge in [-0.15, -0.1) is 0 Å². The van der Waals surface area contributed by atoms with Crippen LogP contribution in [0.1, 0.15) is 28.8 Å². The van der Waals surface area contributed by atoms with Crippen LogP contribution in [-0.2, 0) is 6.18 Å². The number of halogens is 4. The number of rotatable bonds is 1. The highest BCUT2D eigenvalue weighted by Crippen LogP contribution is 2.32. The third kappa shape index (κ3) is 2.90. The number of carbonyl (C=O) groups excluding carboxylic acids is 1. The predicted octanol–water partition coefficient (Wildman–Crippen LogP) is 3.15. The van der Waals surface area contributed by atoms with E-state index >= 15 is 0 Å². The minimum atomic E-state index is -4.77. The van der Waals surface area contributed by atoms with Crippen LogP contribution in [0.5, 0.6) is 0 Å². The van der Waals surface area contributed by atoms with Crippen molar-refractivity contribution in [3.05, 3.63) is 35.1 Å². The summed E-state index contributed by atoms with van der Waals surface area (Å²) in [5.74, 6) is -1.88. The van der Waals surface area contributed by atoms with Gasteiger partial charge in [-0.05, 0) is 44.1 Å². The number of benzene rings is 1. The summed E-state index contributed by atoms with van der Waals surface area (Å²) in [5, 5.41) is 0. The van der Waals surface area contributed by atoms with Gasteiger partial charge >= 0.3 is 6.18 Å².